The van der Waals surface area contributed by atoms with Crippen molar-refractivity contribution in [2.24, 2.45) is 17.8 Å². The van der Waals surface area contributed by atoms with Crippen molar-refractivity contribution < 1.29 is 9.90 Å². The molecule has 0 spiro atoms. The van der Waals surface area contributed by atoms with E-state index in [4.69, 9.17) is 5.11 Å². The predicted molar refractivity (Wildman–Crippen MR) is 77.1 cm³/mol. The summed E-state index contributed by atoms with van der Waals surface area (Å²) >= 11 is 0. The lowest BCUT2D eigenvalue weighted by molar-refractivity contribution is -0.142. The summed E-state index contributed by atoms with van der Waals surface area (Å²) in [4.78, 5) is 10.9. The number of carbonyl (C=O) groups is 1. The number of carboxylic acids is 1. The lowest BCUT2D eigenvalue weighted by atomic mass is 9.77. The molecule has 2 atom stereocenters. The van der Waals surface area contributed by atoms with Crippen LogP contribution in [0.4, 0.5) is 0 Å². The molecule has 110 valence electrons. The minimum atomic E-state index is -0.600. The normalized spacial score (nSPS) is 36.1. The van der Waals surface area contributed by atoms with Crippen LogP contribution in [-0.4, -0.2) is 23.7 Å². The number of rotatable bonds is 5. The monoisotopic (exact) mass is 267 g/mol. The highest BCUT2D eigenvalue weighted by molar-refractivity contribution is 5.70. The van der Waals surface area contributed by atoms with Gasteiger partial charge in [-0.3, -0.25) is 4.79 Å². The molecule has 0 aromatic heterocycles. The third-order valence-electron chi connectivity index (χ3n) is 5.34. The van der Waals surface area contributed by atoms with Crippen LogP contribution in [0.5, 0.6) is 0 Å². The number of carboxylic acid groups (broad SMARTS) is 1. The molecule has 0 saturated heterocycles. The molecule has 2 N–H and O–H groups in total. The average Bonchev–Trinajstić information content (AvgIpc) is 2.45. The molecule has 3 heteroatoms. The van der Waals surface area contributed by atoms with Crippen LogP contribution in [0.2, 0.25) is 0 Å². The zero-order chi connectivity index (χ0) is 13.7. The maximum absolute atomic E-state index is 10.9. The van der Waals surface area contributed by atoms with Gasteiger partial charge in [0.15, 0.2) is 0 Å². The van der Waals surface area contributed by atoms with Gasteiger partial charge in [-0.05, 0) is 50.5 Å². The number of hydrogen-bond acceptors (Lipinski definition) is 2. The Morgan fingerprint density at radius 1 is 1.05 bits per heavy atom. The second-order valence-corrected chi connectivity index (χ2v) is 6.51. The molecule has 2 unspecified atom stereocenters. The molecule has 19 heavy (non-hydrogen) atoms. The van der Waals surface area contributed by atoms with Crippen molar-refractivity contribution in [3.8, 4) is 0 Å². The fourth-order valence-electron chi connectivity index (χ4n) is 3.95. The SMILES string of the molecule is CCC1CCCCC1CNC1CCC(C(=O)O)CC1. The Bertz CT molecular complexity index is 284. The molecule has 0 aromatic rings. The second-order valence-electron chi connectivity index (χ2n) is 6.51. The standard InChI is InChI=1S/C16H29NO2/c1-2-12-5-3-4-6-14(12)11-17-15-9-7-13(8-10-15)16(18)19/h12-15,17H,2-11H2,1H3,(H,18,19). The molecule has 0 aliphatic heterocycles. The van der Waals surface area contributed by atoms with E-state index in [2.05, 4.69) is 12.2 Å². The Hall–Kier alpha value is -0.570. The maximum Gasteiger partial charge on any atom is 0.306 e. The zero-order valence-electron chi connectivity index (χ0n) is 12.2. The van der Waals surface area contributed by atoms with E-state index in [1.807, 2.05) is 0 Å². The minimum absolute atomic E-state index is 0.0869. The first kappa shape index (κ1) is 14.8. The lowest BCUT2D eigenvalue weighted by Crippen LogP contribution is -2.39. The third kappa shape index (κ3) is 4.20. The van der Waals surface area contributed by atoms with Crippen molar-refractivity contribution in [2.75, 3.05) is 6.54 Å². The Labute approximate surface area is 117 Å². The number of aliphatic carboxylic acids is 1. The van der Waals surface area contributed by atoms with E-state index >= 15 is 0 Å². The van der Waals surface area contributed by atoms with Crippen LogP contribution in [0.1, 0.15) is 64.7 Å². The number of nitrogens with one attached hydrogen (secondary N) is 1. The smallest absolute Gasteiger partial charge is 0.306 e. The fourth-order valence-corrected chi connectivity index (χ4v) is 3.95. The van der Waals surface area contributed by atoms with Crippen LogP contribution in [0.15, 0.2) is 0 Å². The molecule has 2 fully saturated rings. The van der Waals surface area contributed by atoms with Gasteiger partial charge in [-0.1, -0.05) is 32.6 Å². The molecular weight excluding hydrogens is 238 g/mol. The van der Waals surface area contributed by atoms with E-state index in [1.165, 1.54) is 32.1 Å². The summed E-state index contributed by atoms with van der Waals surface area (Å²) in [5, 5.41) is 12.7. The van der Waals surface area contributed by atoms with E-state index in [0.717, 1.165) is 44.1 Å². The van der Waals surface area contributed by atoms with Crippen LogP contribution in [0.3, 0.4) is 0 Å². The number of hydrogen-bond donors (Lipinski definition) is 2. The van der Waals surface area contributed by atoms with E-state index in [-0.39, 0.29) is 5.92 Å². The summed E-state index contributed by atoms with van der Waals surface area (Å²) in [6.45, 7) is 3.47. The summed E-state index contributed by atoms with van der Waals surface area (Å²) in [5.74, 6) is 1.08. The third-order valence-corrected chi connectivity index (χ3v) is 5.34. The van der Waals surface area contributed by atoms with Gasteiger partial charge in [0.1, 0.15) is 0 Å². The molecule has 0 bridgehead atoms. The van der Waals surface area contributed by atoms with Crippen molar-refractivity contribution in [2.45, 2.75) is 70.8 Å². The topological polar surface area (TPSA) is 49.3 Å². The van der Waals surface area contributed by atoms with Crippen molar-refractivity contribution in [3.63, 3.8) is 0 Å². The molecule has 0 heterocycles. The van der Waals surface area contributed by atoms with Crippen LogP contribution in [0, 0.1) is 17.8 Å². The highest BCUT2D eigenvalue weighted by atomic mass is 16.4. The van der Waals surface area contributed by atoms with Gasteiger partial charge in [0.05, 0.1) is 5.92 Å². The van der Waals surface area contributed by atoms with Gasteiger partial charge >= 0.3 is 5.97 Å². The minimum Gasteiger partial charge on any atom is -0.481 e. The molecular formula is C16H29NO2. The van der Waals surface area contributed by atoms with Crippen LogP contribution >= 0.6 is 0 Å². The largest absolute Gasteiger partial charge is 0.481 e. The van der Waals surface area contributed by atoms with Gasteiger partial charge in [0.2, 0.25) is 0 Å². The van der Waals surface area contributed by atoms with Crippen molar-refractivity contribution >= 4 is 5.97 Å². The molecule has 3 nitrogen and oxygen atoms in total. The molecule has 2 rings (SSSR count). The summed E-state index contributed by atoms with van der Waals surface area (Å²) in [7, 11) is 0. The summed E-state index contributed by atoms with van der Waals surface area (Å²) < 4.78 is 0. The van der Waals surface area contributed by atoms with E-state index < -0.39 is 5.97 Å². The van der Waals surface area contributed by atoms with Crippen molar-refractivity contribution in [3.05, 3.63) is 0 Å². The molecule has 0 radical (unpaired) electrons. The summed E-state index contributed by atoms with van der Waals surface area (Å²) in [6, 6.07) is 0.565. The van der Waals surface area contributed by atoms with E-state index in [0.29, 0.717) is 6.04 Å². The molecule has 2 saturated carbocycles. The maximum atomic E-state index is 10.9. The summed E-state index contributed by atoms with van der Waals surface area (Å²) in [5.41, 5.74) is 0. The molecule has 0 aromatic carbocycles. The van der Waals surface area contributed by atoms with E-state index in [9.17, 15) is 4.79 Å². The molecule has 2 aliphatic carbocycles. The Morgan fingerprint density at radius 2 is 1.68 bits per heavy atom. The second kappa shape index (κ2) is 7.28. The molecule has 0 amide bonds. The Morgan fingerprint density at radius 3 is 2.26 bits per heavy atom. The average molecular weight is 267 g/mol. The van der Waals surface area contributed by atoms with Crippen LogP contribution in [0.25, 0.3) is 0 Å². The van der Waals surface area contributed by atoms with Crippen LogP contribution < -0.4 is 5.32 Å². The quantitative estimate of drug-likeness (QED) is 0.802. The van der Waals surface area contributed by atoms with Gasteiger partial charge in [-0.15, -0.1) is 0 Å². The Balaban J connectivity index is 1.69. The van der Waals surface area contributed by atoms with Gasteiger partial charge in [0, 0.05) is 6.04 Å². The van der Waals surface area contributed by atoms with Gasteiger partial charge in [-0.2, -0.15) is 0 Å². The summed E-state index contributed by atoms with van der Waals surface area (Å²) in [6.07, 6.45) is 10.7. The zero-order valence-corrected chi connectivity index (χ0v) is 12.2. The van der Waals surface area contributed by atoms with Gasteiger partial charge in [-0.25, -0.2) is 0 Å². The van der Waals surface area contributed by atoms with Crippen molar-refractivity contribution in [1.29, 1.82) is 0 Å². The predicted octanol–water partition coefficient (Wildman–Crippen LogP) is 3.44. The van der Waals surface area contributed by atoms with Crippen LogP contribution in [-0.2, 0) is 4.79 Å². The van der Waals surface area contributed by atoms with E-state index in [1.54, 1.807) is 0 Å². The highest BCUT2D eigenvalue weighted by Gasteiger charge is 2.28. The van der Waals surface area contributed by atoms with Gasteiger partial charge < -0.3 is 10.4 Å². The lowest BCUT2D eigenvalue weighted by Gasteiger charge is -2.34. The first-order chi connectivity index (χ1) is 9.20. The first-order valence-electron chi connectivity index (χ1n) is 8.17. The fraction of sp³-hybridized carbons (Fsp3) is 0.938. The first-order valence-corrected chi connectivity index (χ1v) is 8.17. The Kier molecular flexibility index (Phi) is 5.68. The van der Waals surface area contributed by atoms with Crippen molar-refractivity contribution in [1.82, 2.24) is 5.32 Å². The molecule has 2 aliphatic rings. The highest BCUT2D eigenvalue weighted by Crippen LogP contribution is 2.32. The van der Waals surface area contributed by atoms with Gasteiger partial charge in [0.25, 0.3) is 0 Å².